The van der Waals surface area contributed by atoms with Gasteiger partial charge in [-0.15, -0.1) is 0 Å². The van der Waals surface area contributed by atoms with Gasteiger partial charge in [0.2, 0.25) is 23.6 Å². The second-order valence-electron chi connectivity index (χ2n) is 16.5. The highest BCUT2D eigenvalue weighted by Gasteiger charge is 2.58. The van der Waals surface area contributed by atoms with Crippen molar-refractivity contribution in [3.8, 4) is 0 Å². The zero-order valence-corrected chi connectivity index (χ0v) is 35.9. The average molecular weight is 833 g/mol. The Morgan fingerprint density at radius 1 is 0.932 bits per heavy atom. The first-order valence-electron chi connectivity index (χ1n) is 20.9. The number of allylic oxidation sites excluding steroid dienone is 2. The number of hydrazine groups is 1. The van der Waals surface area contributed by atoms with Crippen LogP contribution in [-0.4, -0.2) is 114 Å². The lowest BCUT2D eigenvalue weighted by Crippen LogP contribution is -2.56. The van der Waals surface area contributed by atoms with E-state index in [9.17, 15) is 33.9 Å². The van der Waals surface area contributed by atoms with Crippen LogP contribution in [0.3, 0.4) is 0 Å². The number of hydrogen-bond donors (Lipinski definition) is 7. The highest BCUT2D eigenvalue weighted by atomic mass is 16.6. The van der Waals surface area contributed by atoms with E-state index < -0.39 is 65.8 Å². The summed E-state index contributed by atoms with van der Waals surface area (Å²) >= 11 is 0. The fourth-order valence-corrected chi connectivity index (χ4v) is 7.14. The molecular weight excluding hydrogens is 764 g/mol. The standard InChI is InChI=1S/C42H68N6O11/c1-24(2)38(46-35(50)12-10-9-11-19-43)41(55)44-28(6)40(54)48-47-37(52)21-31-22-42(23-56-42)39(53)34(59-31)17-14-25(3)13-16-33-26(4)20-32(29(7)58-33)45-36(51)18-15-27(5)57-30(8)49/h13-15,17-18,24,26-29,31-34,38-39,53H,9-12,16,19-23,43H2,1-8H3,(H,44,55)(H,45,51)(H,46,50)(H,47,52)(H,48,54)/b17-14+,18-15-,25-13+/t26-,27-,28-,29+,31+,32+,33-,34+,38-,39+,42+/m0/s1. The number of carbonyl (C=O) groups excluding carboxylic acids is 6. The Kier molecular flexibility index (Phi) is 19.7. The summed E-state index contributed by atoms with van der Waals surface area (Å²) in [6, 6.07) is -2.03. The van der Waals surface area contributed by atoms with Crippen LogP contribution in [0.2, 0.25) is 0 Å². The van der Waals surface area contributed by atoms with Crippen molar-refractivity contribution in [3.05, 3.63) is 36.0 Å². The molecule has 0 aromatic rings. The summed E-state index contributed by atoms with van der Waals surface area (Å²) in [5.41, 5.74) is 10.3. The van der Waals surface area contributed by atoms with Gasteiger partial charge in [0, 0.05) is 25.8 Å². The molecule has 3 aliphatic heterocycles. The molecule has 8 N–H and O–H groups in total. The van der Waals surface area contributed by atoms with Crippen LogP contribution >= 0.6 is 0 Å². The molecule has 59 heavy (non-hydrogen) atoms. The molecule has 0 unspecified atom stereocenters. The van der Waals surface area contributed by atoms with Crippen molar-refractivity contribution in [2.24, 2.45) is 17.6 Å². The van der Waals surface area contributed by atoms with E-state index >= 15 is 0 Å². The molecule has 3 fully saturated rings. The van der Waals surface area contributed by atoms with Gasteiger partial charge in [-0.1, -0.05) is 51.0 Å². The molecule has 0 saturated carbocycles. The van der Waals surface area contributed by atoms with E-state index in [1.54, 1.807) is 26.8 Å². The third kappa shape index (κ3) is 16.4. The van der Waals surface area contributed by atoms with Crippen LogP contribution in [-0.2, 0) is 47.7 Å². The lowest BCUT2D eigenvalue weighted by atomic mass is 9.87. The van der Waals surface area contributed by atoms with Crippen molar-refractivity contribution in [1.29, 1.82) is 0 Å². The Morgan fingerprint density at radius 3 is 2.29 bits per heavy atom. The molecule has 0 aromatic carbocycles. The molecule has 5 amide bonds. The Hall–Kier alpha value is -4.16. The molecule has 17 heteroatoms. The minimum atomic E-state index is -1.01. The zero-order chi connectivity index (χ0) is 43.9. The Balaban J connectivity index is 1.46. The summed E-state index contributed by atoms with van der Waals surface area (Å²) in [4.78, 5) is 74.6. The third-order valence-corrected chi connectivity index (χ3v) is 10.8. The SMILES string of the molecule is CC(=O)O[C@@H](C)/C=C\C(=O)N[C@@H]1C[C@H](C)[C@H](C/C=C(C)/C=C/[C@H]2O[C@H](CC(=O)NNC(=O)[C@H](C)NC(=O)[C@@H](NC(=O)CCCCCN)C(C)C)C[C@@]3(CO3)[C@@H]2O)O[C@@H]1C. The normalized spacial score (nSPS) is 28.5. The Bertz CT molecular complexity index is 1550. The first-order valence-corrected chi connectivity index (χ1v) is 20.9. The number of ether oxygens (including phenoxy) is 4. The lowest BCUT2D eigenvalue weighted by Gasteiger charge is -2.39. The van der Waals surface area contributed by atoms with E-state index in [1.807, 2.05) is 26.0 Å². The van der Waals surface area contributed by atoms with Crippen LogP contribution < -0.4 is 32.5 Å². The number of unbranched alkanes of at least 4 members (excludes halogenated alkanes) is 2. The fourth-order valence-electron chi connectivity index (χ4n) is 7.14. The molecular formula is C42H68N6O11. The summed E-state index contributed by atoms with van der Waals surface area (Å²) < 4.78 is 23.1. The van der Waals surface area contributed by atoms with Gasteiger partial charge in [0.15, 0.2) is 0 Å². The molecule has 3 aliphatic rings. The van der Waals surface area contributed by atoms with Crippen LogP contribution in [0, 0.1) is 11.8 Å². The first kappa shape index (κ1) is 49.2. The number of aliphatic hydroxyl groups excluding tert-OH is 1. The quantitative estimate of drug-likeness (QED) is 0.0231. The molecule has 3 saturated heterocycles. The second-order valence-corrected chi connectivity index (χ2v) is 16.5. The minimum absolute atomic E-state index is 0.0744. The molecule has 11 atom stereocenters. The molecule has 0 aliphatic carbocycles. The predicted molar refractivity (Wildman–Crippen MR) is 219 cm³/mol. The summed E-state index contributed by atoms with van der Waals surface area (Å²) in [6.45, 7) is 14.9. The van der Waals surface area contributed by atoms with Crippen LogP contribution in [0.1, 0.15) is 107 Å². The number of nitrogens with one attached hydrogen (secondary N) is 5. The number of nitrogens with two attached hydrogens (primary N) is 1. The average Bonchev–Trinajstić information content (AvgIpc) is 3.94. The van der Waals surface area contributed by atoms with Crippen LogP contribution in [0.15, 0.2) is 36.0 Å². The molecule has 3 rings (SSSR count). The van der Waals surface area contributed by atoms with Gasteiger partial charge in [-0.25, -0.2) is 0 Å². The van der Waals surface area contributed by atoms with Gasteiger partial charge in [0.1, 0.15) is 36.0 Å². The topological polar surface area (TPSA) is 249 Å². The third-order valence-electron chi connectivity index (χ3n) is 10.8. The van der Waals surface area contributed by atoms with Crippen LogP contribution in [0.5, 0.6) is 0 Å². The van der Waals surface area contributed by atoms with Gasteiger partial charge in [0.05, 0.1) is 37.4 Å². The van der Waals surface area contributed by atoms with Crippen molar-refractivity contribution >= 4 is 35.5 Å². The van der Waals surface area contributed by atoms with Gasteiger partial charge in [0.25, 0.3) is 5.91 Å². The summed E-state index contributed by atoms with van der Waals surface area (Å²) in [5, 5.41) is 19.4. The van der Waals surface area contributed by atoms with Crippen molar-refractivity contribution in [2.45, 2.75) is 167 Å². The fraction of sp³-hybridized carbons (Fsp3) is 0.714. The van der Waals surface area contributed by atoms with Crippen molar-refractivity contribution in [3.63, 3.8) is 0 Å². The number of amides is 5. The number of hydrogen-bond acceptors (Lipinski definition) is 12. The number of aliphatic hydroxyl groups is 1. The van der Waals surface area contributed by atoms with E-state index in [4.69, 9.17) is 24.7 Å². The monoisotopic (exact) mass is 832 g/mol. The summed E-state index contributed by atoms with van der Waals surface area (Å²) in [7, 11) is 0. The number of rotatable bonds is 20. The number of carbonyl (C=O) groups is 6. The zero-order valence-electron chi connectivity index (χ0n) is 35.9. The van der Waals surface area contributed by atoms with E-state index in [-0.39, 0.29) is 61.2 Å². The van der Waals surface area contributed by atoms with Crippen LogP contribution in [0.4, 0.5) is 0 Å². The first-order chi connectivity index (χ1) is 27.8. The van der Waals surface area contributed by atoms with E-state index in [0.29, 0.717) is 26.0 Å². The highest BCUT2D eigenvalue weighted by Crippen LogP contribution is 2.43. The predicted octanol–water partition coefficient (Wildman–Crippen LogP) is 1.67. The number of epoxide rings is 1. The van der Waals surface area contributed by atoms with E-state index in [0.717, 1.165) is 24.8 Å². The summed E-state index contributed by atoms with van der Waals surface area (Å²) in [6.07, 6.45) is 9.52. The highest BCUT2D eigenvalue weighted by molar-refractivity contribution is 5.92. The molecule has 0 bridgehead atoms. The maximum absolute atomic E-state index is 13.0. The molecule has 17 nitrogen and oxygen atoms in total. The Labute approximate surface area is 348 Å². The molecule has 332 valence electrons. The van der Waals surface area contributed by atoms with E-state index in [1.165, 1.54) is 26.0 Å². The number of esters is 1. The van der Waals surface area contributed by atoms with Gasteiger partial charge in [-0.3, -0.25) is 39.6 Å². The van der Waals surface area contributed by atoms with Crippen molar-refractivity contribution < 1.29 is 52.8 Å². The molecule has 3 heterocycles. The van der Waals surface area contributed by atoms with E-state index in [2.05, 4.69) is 33.7 Å². The van der Waals surface area contributed by atoms with Gasteiger partial charge in [-0.2, -0.15) is 0 Å². The molecule has 0 aromatic heterocycles. The maximum atomic E-state index is 13.0. The van der Waals surface area contributed by atoms with Crippen molar-refractivity contribution in [2.75, 3.05) is 13.2 Å². The molecule has 1 spiro atoms. The smallest absolute Gasteiger partial charge is 0.303 e. The van der Waals surface area contributed by atoms with Crippen molar-refractivity contribution in [1.82, 2.24) is 26.8 Å². The maximum Gasteiger partial charge on any atom is 0.303 e. The van der Waals surface area contributed by atoms with Gasteiger partial charge < -0.3 is 45.7 Å². The van der Waals surface area contributed by atoms with Gasteiger partial charge in [-0.05, 0) is 77.8 Å². The second kappa shape index (κ2) is 23.6. The lowest BCUT2D eigenvalue weighted by molar-refractivity contribution is -0.147. The largest absolute Gasteiger partial charge is 0.459 e. The Morgan fingerprint density at radius 2 is 1.64 bits per heavy atom. The molecule has 0 radical (unpaired) electrons. The van der Waals surface area contributed by atoms with Gasteiger partial charge >= 0.3 is 5.97 Å². The van der Waals surface area contributed by atoms with Crippen LogP contribution in [0.25, 0.3) is 0 Å². The minimum Gasteiger partial charge on any atom is -0.459 e. The summed E-state index contributed by atoms with van der Waals surface area (Å²) in [5.74, 6) is -2.73.